The molecule has 0 bridgehead atoms. The number of hydrogen-bond acceptors (Lipinski definition) is 6. The molecule has 1 amide bonds. The average Bonchev–Trinajstić information content (AvgIpc) is 2.81. The van der Waals surface area contributed by atoms with Crippen LogP contribution in [0.3, 0.4) is 0 Å². The average molecular weight is 273 g/mol. The van der Waals surface area contributed by atoms with E-state index in [1.165, 1.54) is 5.69 Å². The Labute approximate surface area is 115 Å². The molecule has 0 aliphatic heterocycles. The summed E-state index contributed by atoms with van der Waals surface area (Å²) in [4.78, 5) is 10.9. The first-order valence-electron chi connectivity index (χ1n) is 6.41. The van der Waals surface area contributed by atoms with Crippen LogP contribution in [0, 0.1) is 0 Å². The second-order valence-corrected chi connectivity index (χ2v) is 4.86. The van der Waals surface area contributed by atoms with Gasteiger partial charge in [-0.25, -0.2) is 0 Å². The van der Waals surface area contributed by atoms with Crippen LogP contribution in [0.1, 0.15) is 28.3 Å². The quantitative estimate of drug-likeness (QED) is 0.792. The van der Waals surface area contributed by atoms with Gasteiger partial charge >= 0.3 is 0 Å². The summed E-state index contributed by atoms with van der Waals surface area (Å²) in [6.45, 7) is 0. The van der Waals surface area contributed by atoms with Crippen molar-refractivity contribution in [3.63, 3.8) is 0 Å². The lowest BCUT2D eigenvalue weighted by molar-refractivity contribution is 0.0994. The van der Waals surface area contributed by atoms with Gasteiger partial charge in [0.15, 0.2) is 5.69 Å². The van der Waals surface area contributed by atoms with Gasteiger partial charge in [-0.15, -0.1) is 15.3 Å². The van der Waals surface area contributed by atoms with Gasteiger partial charge in [0.05, 0.1) is 11.4 Å². The largest absolute Gasteiger partial charge is 0.365 e. The molecular weight excluding hydrogens is 258 g/mol. The van der Waals surface area contributed by atoms with Gasteiger partial charge in [-0.05, 0) is 25.0 Å². The first-order chi connectivity index (χ1) is 9.63. The van der Waals surface area contributed by atoms with E-state index in [0.29, 0.717) is 5.82 Å². The molecule has 2 heterocycles. The van der Waals surface area contributed by atoms with Gasteiger partial charge in [-0.1, -0.05) is 5.21 Å². The van der Waals surface area contributed by atoms with Crippen LogP contribution in [-0.2, 0) is 19.9 Å². The minimum atomic E-state index is -0.578. The van der Waals surface area contributed by atoms with E-state index in [0.717, 1.165) is 25.0 Å². The highest BCUT2D eigenvalue weighted by molar-refractivity contribution is 5.90. The van der Waals surface area contributed by atoms with Crippen LogP contribution in [0.5, 0.6) is 0 Å². The van der Waals surface area contributed by atoms with Crippen molar-refractivity contribution in [1.82, 2.24) is 25.2 Å². The number of nitrogens with zero attached hydrogens (tertiary/aromatic N) is 5. The SMILES string of the molecule is Cn1nnc2c1CCC(Nc1ccc(C(N)=O)nn1)C2. The van der Waals surface area contributed by atoms with Crippen LogP contribution in [0.25, 0.3) is 0 Å². The van der Waals surface area contributed by atoms with E-state index < -0.39 is 5.91 Å². The van der Waals surface area contributed by atoms with Crippen molar-refractivity contribution in [3.8, 4) is 0 Å². The van der Waals surface area contributed by atoms with E-state index in [1.807, 2.05) is 11.7 Å². The summed E-state index contributed by atoms with van der Waals surface area (Å²) in [7, 11) is 1.91. The number of anilines is 1. The topological polar surface area (TPSA) is 112 Å². The van der Waals surface area contributed by atoms with Crippen LogP contribution in [-0.4, -0.2) is 37.1 Å². The summed E-state index contributed by atoms with van der Waals surface area (Å²) in [5, 5.41) is 19.2. The van der Waals surface area contributed by atoms with Crippen LogP contribution < -0.4 is 11.1 Å². The molecule has 0 saturated heterocycles. The van der Waals surface area contributed by atoms with Gasteiger partial charge in [0.25, 0.3) is 5.91 Å². The van der Waals surface area contributed by atoms with Crippen molar-refractivity contribution in [2.45, 2.75) is 25.3 Å². The number of hydrogen-bond donors (Lipinski definition) is 2. The second-order valence-electron chi connectivity index (χ2n) is 4.86. The lowest BCUT2D eigenvalue weighted by atomic mass is 9.96. The number of amides is 1. The first-order valence-corrected chi connectivity index (χ1v) is 6.41. The Kier molecular flexibility index (Phi) is 3.05. The zero-order chi connectivity index (χ0) is 14.1. The molecule has 8 heteroatoms. The Morgan fingerprint density at radius 2 is 2.25 bits per heavy atom. The molecule has 0 saturated carbocycles. The van der Waals surface area contributed by atoms with Crippen molar-refractivity contribution >= 4 is 11.7 Å². The molecule has 104 valence electrons. The number of carbonyl (C=O) groups excluding carboxylic acids is 1. The Morgan fingerprint density at radius 3 is 2.95 bits per heavy atom. The Bertz CT molecular complexity index is 634. The maximum Gasteiger partial charge on any atom is 0.269 e. The number of nitrogens with two attached hydrogens (primary N) is 1. The smallest absolute Gasteiger partial charge is 0.269 e. The van der Waals surface area contributed by atoms with Gasteiger partial charge in [0, 0.05) is 19.5 Å². The fraction of sp³-hybridized carbons (Fsp3) is 0.417. The van der Waals surface area contributed by atoms with Crippen LogP contribution >= 0.6 is 0 Å². The molecule has 2 aromatic heterocycles. The van der Waals surface area contributed by atoms with Gasteiger partial charge < -0.3 is 11.1 Å². The molecule has 0 aromatic carbocycles. The highest BCUT2D eigenvalue weighted by Gasteiger charge is 2.23. The van der Waals surface area contributed by atoms with Crippen LogP contribution in [0.4, 0.5) is 5.82 Å². The fourth-order valence-electron chi connectivity index (χ4n) is 2.40. The summed E-state index contributed by atoms with van der Waals surface area (Å²) in [5.74, 6) is 0.0539. The lowest BCUT2D eigenvalue weighted by Gasteiger charge is -2.22. The fourth-order valence-corrected chi connectivity index (χ4v) is 2.40. The summed E-state index contributed by atoms with van der Waals surface area (Å²) < 4.78 is 1.83. The molecule has 1 atom stereocenters. The molecular formula is C12H15N7O. The number of rotatable bonds is 3. The van der Waals surface area contributed by atoms with Crippen molar-refractivity contribution in [1.29, 1.82) is 0 Å². The highest BCUT2D eigenvalue weighted by Crippen LogP contribution is 2.20. The molecule has 0 fully saturated rings. The summed E-state index contributed by atoms with van der Waals surface area (Å²) in [6.07, 6.45) is 2.72. The molecule has 1 unspecified atom stereocenters. The number of aryl methyl sites for hydroxylation is 1. The van der Waals surface area contributed by atoms with Gasteiger partial charge in [-0.2, -0.15) is 0 Å². The second kappa shape index (κ2) is 4.87. The van der Waals surface area contributed by atoms with Gasteiger partial charge in [-0.3, -0.25) is 9.48 Å². The highest BCUT2D eigenvalue weighted by atomic mass is 16.1. The molecule has 1 aliphatic carbocycles. The minimum Gasteiger partial charge on any atom is -0.365 e. The van der Waals surface area contributed by atoms with E-state index in [2.05, 4.69) is 25.8 Å². The third-order valence-corrected chi connectivity index (χ3v) is 3.46. The molecule has 3 N–H and O–H groups in total. The summed E-state index contributed by atoms with van der Waals surface area (Å²) in [6, 6.07) is 3.51. The lowest BCUT2D eigenvalue weighted by Crippen LogP contribution is -2.28. The van der Waals surface area contributed by atoms with Crippen LogP contribution in [0.15, 0.2) is 12.1 Å². The predicted molar refractivity (Wildman–Crippen MR) is 71.0 cm³/mol. The number of primary amides is 1. The van der Waals surface area contributed by atoms with Crippen molar-refractivity contribution in [3.05, 3.63) is 29.2 Å². The molecule has 0 radical (unpaired) electrons. The van der Waals surface area contributed by atoms with Crippen molar-refractivity contribution in [2.75, 3.05) is 5.32 Å². The van der Waals surface area contributed by atoms with Gasteiger partial charge in [0.1, 0.15) is 5.82 Å². The Hall–Kier alpha value is -2.51. The first kappa shape index (κ1) is 12.5. The molecule has 20 heavy (non-hydrogen) atoms. The van der Waals surface area contributed by atoms with E-state index >= 15 is 0 Å². The number of fused-ring (bicyclic) bond motifs is 1. The molecule has 0 spiro atoms. The zero-order valence-electron chi connectivity index (χ0n) is 11.1. The third-order valence-electron chi connectivity index (χ3n) is 3.46. The minimum absolute atomic E-state index is 0.162. The van der Waals surface area contributed by atoms with E-state index in [-0.39, 0.29) is 11.7 Å². The Morgan fingerprint density at radius 1 is 1.40 bits per heavy atom. The molecule has 1 aliphatic rings. The van der Waals surface area contributed by atoms with Crippen molar-refractivity contribution in [2.24, 2.45) is 12.8 Å². The van der Waals surface area contributed by atoms with Crippen molar-refractivity contribution < 1.29 is 4.79 Å². The third kappa shape index (κ3) is 2.31. The normalized spacial score (nSPS) is 17.6. The Balaban J connectivity index is 1.68. The number of aromatic nitrogens is 5. The predicted octanol–water partition coefficient (Wildman–Crippen LogP) is -0.327. The van der Waals surface area contributed by atoms with E-state index in [9.17, 15) is 4.79 Å². The molecule has 2 aromatic rings. The zero-order valence-corrected chi connectivity index (χ0v) is 11.1. The number of carbonyl (C=O) groups is 1. The number of nitrogens with one attached hydrogen (secondary N) is 1. The van der Waals surface area contributed by atoms with E-state index in [1.54, 1.807) is 12.1 Å². The monoisotopic (exact) mass is 273 g/mol. The summed E-state index contributed by atoms with van der Waals surface area (Å²) >= 11 is 0. The standard InChI is InChI=1S/C12H15N7O/c1-19-10-4-2-7(6-9(10)16-18-19)14-11-5-3-8(12(13)20)15-17-11/h3,5,7H,2,4,6H2,1H3,(H2,13,20)(H,14,17). The maximum absolute atomic E-state index is 10.9. The van der Waals surface area contributed by atoms with Crippen LogP contribution in [0.2, 0.25) is 0 Å². The molecule has 3 rings (SSSR count). The van der Waals surface area contributed by atoms with E-state index in [4.69, 9.17) is 5.73 Å². The molecule has 8 nitrogen and oxygen atoms in total. The summed E-state index contributed by atoms with van der Waals surface area (Å²) in [5.41, 5.74) is 7.51. The maximum atomic E-state index is 10.9. The van der Waals surface area contributed by atoms with Gasteiger partial charge in [0.2, 0.25) is 0 Å².